The van der Waals surface area contributed by atoms with Gasteiger partial charge in [0.2, 0.25) is 0 Å². The summed E-state index contributed by atoms with van der Waals surface area (Å²) in [5.41, 5.74) is 2.84. The van der Waals surface area contributed by atoms with Gasteiger partial charge in [0.05, 0.1) is 22.9 Å². The molecule has 4 aromatic carbocycles. The molecule has 0 atom stereocenters. The Morgan fingerprint density at radius 1 is 0.548 bits per heavy atom. The maximum absolute atomic E-state index is 13.1. The first-order valence-electron chi connectivity index (χ1n) is 12.7. The molecule has 0 unspecified atom stereocenters. The summed E-state index contributed by atoms with van der Waals surface area (Å²) in [6.07, 6.45) is 0. The second-order valence-electron chi connectivity index (χ2n) is 9.31. The van der Waals surface area contributed by atoms with Gasteiger partial charge in [-0.05, 0) is 86.6 Å². The Morgan fingerprint density at radius 2 is 0.857 bits per heavy atom. The van der Waals surface area contributed by atoms with Crippen molar-refractivity contribution in [3.63, 3.8) is 0 Å². The van der Waals surface area contributed by atoms with Gasteiger partial charge in [-0.1, -0.05) is 58.6 Å². The first-order valence-corrected chi connectivity index (χ1v) is 16.4. The molecular formula is C30H28Cl2N4O4S2. The molecule has 4 rings (SSSR count). The van der Waals surface area contributed by atoms with Gasteiger partial charge in [0.25, 0.3) is 20.0 Å². The Hall–Kier alpha value is -3.70. The molecule has 0 amide bonds. The lowest BCUT2D eigenvalue weighted by molar-refractivity contribution is 0.590. The van der Waals surface area contributed by atoms with E-state index in [0.717, 1.165) is 11.1 Å². The average molecular weight is 644 g/mol. The number of amidine groups is 2. The van der Waals surface area contributed by atoms with E-state index in [1.807, 2.05) is 13.8 Å². The molecule has 0 fully saturated rings. The van der Waals surface area contributed by atoms with Gasteiger partial charge in [0, 0.05) is 21.2 Å². The SMILES string of the molecule is Cc1ccc(S(=O)(=O)NC(=NCCN=C(NS(=O)(=O)c2ccc(C)cc2)c2ccc(Cl)cc2)c2ccc(Cl)cc2)cc1. The van der Waals surface area contributed by atoms with Crippen LogP contribution in [0.25, 0.3) is 0 Å². The number of nitrogens with one attached hydrogen (secondary N) is 2. The molecule has 2 N–H and O–H groups in total. The lowest BCUT2D eigenvalue weighted by Gasteiger charge is -2.13. The molecule has 0 radical (unpaired) electrons. The quantitative estimate of drug-likeness (QED) is 0.137. The van der Waals surface area contributed by atoms with Gasteiger partial charge in [-0.3, -0.25) is 19.4 Å². The highest BCUT2D eigenvalue weighted by molar-refractivity contribution is 7.90. The van der Waals surface area contributed by atoms with Crippen LogP contribution in [-0.4, -0.2) is 41.6 Å². The van der Waals surface area contributed by atoms with E-state index in [0.29, 0.717) is 21.2 Å². The topological polar surface area (TPSA) is 117 Å². The normalized spacial score (nSPS) is 12.7. The molecule has 0 aliphatic rings. The van der Waals surface area contributed by atoms with Gasteiger partial charge in [-0.25, -0.2) is 16.8 Å². The summed E-state index contributed by atoms with van der Waals surface area (Å²) in [7, 11) is -7.89. The van der Waals surface area contributed by atoms with Crippen LogP contribution in [0.5, 0.6) is 0 Å². The van der Waals surface area contributed by atoms with Crippen molar-refractivity contribution in [1.82, 2.24) is 9.44 Å². The molecule has 0 aliphatic carbocycles. The van der Waals surface area contributed by atoms with Crippen LogP contribution in [0.15, 0.2) is 117 Å². The fraction of sp³-hybridized carbons (Fsp3) is 0.133. The molecule has 4 aromatic rings. The maximum Gasteiger partial charge on any atom is 0.263 e. The molecule has 0 bridgehead atoms. The van der Waals surface area contributed by atoms with Crippen LogP contribution in [0, 0.1) is 13.8 Å². The molecule has 0 saturated heterocycles. The number of aliphatic imine (C=N–C) groups is 2. The first-order chi connectivity index (χ1) is 19.9. The average Bonchev–Trinajstić information content (AvgIpc) is 2.95. The molecule has 12 heteroatoms. The number of hydrogen-bond acceptors (Lipinski definition) is 6. The highest BCUT2D eigenvalue weighted by atomic mass is 35.5. The van der Waals surface area contributed by atoms with Gasteiger partial charge in [0.1, 0.15) is 11.7 Å². The number of aryl methyl sites for hydroxylation is 2. The Morgan fingerprint density at radius 3 is 1.17 bits per heavy atom. The summed E-state index contributed by atoms with van der Waals surface area (Å²) >= 11 is 12.1. The molecule has 0 heterocycles. The van der Waals surface area contributed by atoms with Crippen molar-refractivity contribution in [2.24, 2.45) is 9.98 Å². The number of halogens is 2. The number of nitrogens with zero attached hydrogens (tertiary/aromatic N) is 2. The van der Waals surface area contributed by atoms with Gasteiger partial charge in [0.15, 0.2) is 0 Å². The lowest BCUT2D eigenvalue weighted by atomic mass is 10.2. The summed E-state index contributed by atoms with van der Waals surface area (Å²) in [6.45, 7) is 3.81. The van der Waals surface area contributed by atoms with Crippen LogP contribution in [0.2, 0.25) is 10.0 Å². The summed E-state index contributed by atoms with van der Waals surface area (Å²) in [5, 5.41) is 0.968. The van der Waals surface area contributed by atoms with E-state index < -0.39 is 20.0 Å². The van der Waals surface area contributed by atoms with Crippen molar-refractivity contribution in [3.05, 3.63) is 129 Å². The zero-order valence-corrected chi connectivity index (χ0v) is 25.9. The van der Waals surface area contributed by atoms with Crippen LogP contribution in [0.1, 0.15) is 22.3 Å². The Kier molecular flexibility index (Phi) is 10.1. The van der Waals surface area contributed by atoms with E-state index in [2.05, 4.69) is 19.4 Å². The van der Waals surface area contributed by atoms with Crippen LogP contribution in [0.3, 0.4) is 0 Å². The second-order valence-corrected chi connectivity index (χ2v) is 13.5. The Bertz CT molecular complexity index is 1670. The molecule has 0 spiro atoms. The molecule has 0 aromatic heterocycles. The van der Waals surface area contributed by atoms with Crippen molar-refractivity contribution in [1.29, 1.82) is 0 Å². The third-order valence-corrected chi connectivity index (χ3v) is 9.21. The first kappa shape index (κ1) is 31.2. The predicted molar refractivity (Wildman–Crippen MR) is 169 cm³/mol. The van der Waals surface area contributed by atoms with Gasteiger partial charge in [-0.15, -0.1) is 0 Å². The molecule has 0 saturated carbocycles. The summed E-state index contributed by atoms with van der Waals surface area (Å²) in [6, 6.07) is 26.0. The van der Waals surface area contributed by atoms with Gasteiger partial charge in [-0.2, -0.15) is 0 Å². The van der Waals surface area contributed by atoms with Crippen LogP contribution < -0.4 is 9.44 Å². The standard InChI is InChI=1S/C30H28Cl2N4O4S2/c1-21-3-15-27(16-4-21)41(37,38)35-29(23-7-11-25(31)12-8-23)33-19-20-34-30(24-9-13-26(32)14-10-24)36-42(39,40)28-17-5-22(2)6-18-28/h3-18H,19-20H2,1-2H3,(H,33,35)(H,34,36). The number of benzene rings is 4. The Balaban J connectivity index is 1.62. The molecule has 218 valence electrons. The van der Waals surface area contributed by atoms with Crippen LogP contribution in [-0.2, 0) is 20.0 Å². The van der Waals surface area contributed by atoms with Crippen molar-refractivity contribution in [2.45, 2.75) is 23.6 Å². The molecule has 42 heavy (non-hydrogen) atoms. The minimum Gasteiger partial charge on any atom is -0.265 e. The fourth-order valence-electron chi connectivity index (χ4n) is 3.71. The second kappa shape index (κ2) is 13.5. The van der Waals surface area contributed by atoms with Crippen molar-refractivity contribution < 1.29 is 16.8 Å². The zero-order chi connectivity index (χ0) is 30.3. The summed E-state index contributed by atoms with van der Waals surface area (Å²) in [4.78, 5) is 9.12. The van der Waals surface area contributed by atoms with E-state index in [1.54, 1.807) is 72.8 Å². The molecule has 0 aliphatic heterocycles. The summed E-state index contributed by atoms with van der Waals surface area (Å²) < 4.78 is 57.6. The molecule has 8 nitrogen and oxygen atoms in total. The fourth-order valence-corrected chi connectivity index (χ4v) is 6.06. The number of sulfonamides is 2. The molecular weight excluding hydrogens is 615 g/mol. The third-order valence-electron chi connectivity index (χ3n) is 6.00. The van der Waals surface area contributed by atoms with E-state index in [1.165, 1.54) is 24.3 Å². The smallest absolute Gasteiger partial charge is 0.263 e. The zero-order valence-electron chi connectivity index (χ0n) is 22.8. The summed E-state index contributed by atoms with van der Waals surface area (Å²) in [5.74, 6) is 0.187. The highest BCUT2D eigenvalue weighted by Gasteiger charge is 2.19. The monoisotopic (exact) mass is 642 g/mol. The minimum atomic E-state index is -3.95. The predicted octanol–water partition coefficient (Wildman–Crippen LogP) is 5.76. The van der Waals surface area contributed by atoms with E-state index in [9.17, 15) is 16.8 Å². The van der Waals surface area contributed by atoms with Crippen LogP contribution >= 0.6 is 23.2 Å². The van der Waals surface area contributed by atoms with Gasteiger partial charge < -0.3 is 0 Å². The minimum absolute atomic E-state index is 0.0394. The van der Waals surface area contributed by atoms with E-state index in [-0.39, 0.29) is 34.6 Å². The van der Waals surface area contributed by atoms with Gasteiger partial charge >= 0.3 is 0 Å². The number of hydrogen-bond donors (Lipinski definition) is 2. The third kappa shape index (κ3) is 8.42. The highest BCUT2D eigenvalue weighted by Crippen LogP contribution is 2.15. The largest absolute Gasteiger partial charge is 0.265 e. The van der Waals surface area contributed by atoms with Crippen LogP contribution in [0.4, 0.5) is 0 Å². The van der Waals surface area contributed by atoms with Crippen molar-refractivity contribution in [3.8, 4) is 0 Å². The van der Waals surface area contributed by atoms with Crippen molar-refractivity contribution in [2.75, 3.05) is 13.1 Å². The Labute approximate surface area is 256 Å². The van der Waals surface area contributed by atoms with Crippen molar-refractivity contribution >= 4 is 54.9 Å². The van der Waals surface area contributed by atoms with E-state index >= 15 is 0 Å². The number of rotatable bonds is 9. The lowest BCUT2D eigenvalue weighted by Crippen LogP contribution is -2.32. The van der Waals surface area contributed by atoms with E-state index in [4.69, 9.17) is 23.2 Å². The maximum atomic E-state index is 13.1.